The number of benzene rings is 7. The minimum absolute atomic E-state index is 0.260. The highest BCUT2D eigenvalue weighted by Crippen LogP contribution is 2.52. The van der Waals surface area contributed by atoms with E-state index in [-0.39, 0.29) is 6.17 Å². The summed E-state index contributed by atoms with van der Waals surface area (Å²) in [4.78, 5) is 10.2. The van der Waals surface area contributed by atoms with Crippen molar-refractivity contribution in [2.75, 3.05) is 0 Å². The predicted octanol–water partition coefficient (Wildman–Crippen LogP) is 12.0. The summed E-state index contributed by atoms with van der Waals surface area (Å²) in [6, 6.07) is 56.1. The first kappa shape index (κ1) is 28.7. The van der Waals surface area contributed by atoms with Crippen LogP contribution < -0.4 is 5.32 Å². The highest BCUT2D eigenvalue weighted by molar-refractivity contribution is 7.30. The number of thiophene rings is 2. The summed E-state index contributed by atoms with van der Waals surface area (Å²) in [7, 11) is 0. The number of hydrogen-bond acceptors (Lipinski definition) is 5. The Morgan fingerprint density at radius 2 is 1.16 bits per heavy atom. The third kappa shape index (κ3) is 4.37. The van der Waals surface area contributed by atoms with Gasteiger partial charge in [0.05, 0.1) is 15.7 Å². The first-order valence-electron chi connectivity index (χ1n) is 17.1. The normalized spacial score (nSPS) is 14.9. The van der Waals surface area contributed by atoms with Gasteiger partial charge in [-0.15, -0.1) is 22.7 Å². The Hall–Kier alpha value is -6.08. The second kappa shape index (κ2) is 11.2. The van der Waals surface area contributed by atoms with Gasteiger partial charge in [-0.2, -0.15) is 0 Å². The molecular weight excluding hydrogens is 661 g/mol. The van der Waals surface area contributed by atoms with Crippen molar-refractivity contribution in [3.05, 3.63) is 174 Å². The lowest BCUT2D eigenvalue weighted by Crippen LogP contribution is -2.33. The van der Waals surface area contributed by atoms with Crippen LogP contribution in [-0.2, 0) is 0 Å². The number of hydrogen-bond donors (Lipinski definition) is 1. The van der Waals surface area contributed by atoms with Crippen LogP contribution in [-0.4, -0.2) is 16.2 Å². The monoisotopic (exact) mass is 688 g/mol. The number of nitrogens with zero attached hydrogens (tertiary/aromatic N) is 3. The number of aliphatic imine (C=N–C) groups is 2. The lowest BCUT2D eigenvalue weighted by molar-refractivity contribution is 0.674. The third-order valence-corrected chi connectivity index (χ3v) is 12.4. The number of para-hydroxylation sites is 1. The summed E-state index contributed by atoms with van der Waals surface area (Å²) in [5.41, 5.74) is 6.65. The molecule has 4 nitrogen and oxygen atoms in total. The summed E-state index contributed by atoms with van der Waals surface area (Å²) < 4.78 is 7.81. The van der Waals surface area contributed by atoms with Gasteiger partial charge < -0.3 is 9.88 Å². The van der Waals surface area contributed by atoms with Crippen LogP contribution in [0.15, 0.2) is 168 Å². The van der Waals surface area contributed by atoms with Gasteiger partial charge in [0.1, 0.15) is 12.0 Å². The molecule has 0 radical (unpaired) electrons. The van der Waals surface area contributed by atoms with Gasteiger partial charge in [-0.05, 0) is 35.9 Å². The van der Waals surface area contributed by atoms with E-state index in [0.717, 1.165) is 34.0 Å². The Labute approximate surface area is 301 Å². The van der Waals surface area contributed by atoms with E-state index in [4.69, 9.17) is 9.98 Å². The molecule has 1 N–H and O–H groups in total. The first-order chi connectivity index (χ1) is 25.3. The van der Waals surface area contributed by atoms with E-state index in [2.05, 4.69) is 143 Å². The summed E-state index contributed by atoms with van der Waals surface area (Å²) in [5, 5.41) is 11.6. The van der Waals surface area contributed by atoms with E-state index in [9.17, 15) is 0 Å². The molecule has 0 spiro atoms. The molecule has 10 aromatic rings. The molecule has 240 valence electrons. The van der Waals surface area contributed by atoms with E-state index in [1.54, 1.807) is 0 Å². The molecule has 1 atom stereocenters. The van der Waals surface area contributed by atoms with Gasteiger partial charge in [0.25, 0.3) is 0 Å². The molecule has 11 rings (SSSR count). The molecule has 0 aliphatic carbocycles. The second-order valence-electron chi connectivity index (χ2n) is 13.0. The van der Waals surface area contributed by atoms with Crippen LogP contribution in [0.3, 0.4) is 0 Å². The molecular formula is C45H28N4S2. The molecule has 0 saturated carbocycles. The molecule has 7 aromatic carbocycles. The Morgan fingerprint density at radius 1 is 0.529 bits per heavy atom. The topological polar surface area (TPSA) is 41.7 Å². The fraction of sp³-hybridized carbons (Fsp3) is 0.0222. The molecule has 0 amide bonds. The van der Waals surface area contributed by atoms with Crippen molar-refractivity contribution in [3.8, 4) is 5.69 Å². The number of rotatable bonds is 4. The molecule has 0 fully saturated rings. The third-order valence-electron chi connectivity index (χ3n) is 10.0. The van der Waals surface area contributed by atoms with Crippen LogP contribution in [0.4, 0.5) is 0 Å². The smallest absolute Gasteiger partial charge is 0.159 e. The summed E-state index contributed by atoms with van der Waals surface area (Å²) in [6.07, 6.45) is -0.260. The van der Waals surface area contributed by atoms with E-state index < -0.39 is 0 Å². The van der Waals surface area contributed by atoms with E-state index >= 15 is 0 Å². The average molecular weight is 689 g/mol. The number of aromatic nitrogens is 1. The summed E-state index contributed by atoms with van der Waals surface area (Å²) in [6.45, 7) is 0. The van der Waals surface area contributed by atoms with E-state index in [1.165, 1.54) is 62.2 Å². The quantitative estimate of drug-likeness (QED) is 0.196. The summed E-state index contributed by atoms with van der Waals surface area (Å²) in [5.74, 6) is 1.53. The fourth-order valence-electron chi connectivity index (χ4n) is 7.79. The van der Waals surface area contributed by atoms with Crippen LogP contribution in [0, 0.1) is 0 Å². The largest absolute Gasteiger partial charge is 0.344 e. The Morgan fingerprint density at radius 3 is 1.94 bits per heavy atom. The molecule has 0 bridgehead atoms. The molecule has 3 aromatic heterocycles. The lowest BCUT2D eigenvalue weighted by atomic mass is 10.0. The molecule has 6 heteroatoms. The lowest BCUT2D eigenvalue weighted by Gasteiger charge is -2.24. The van der Waals surface area contributed by atoms with Crippen LogP contribution in [0.2, 0.25) is 0 Å². The second-order valence-corrected chi connectivity index (χ2v) is 15.1. The van der Waals surface area contributed by atoms with Crippen LogP contribution in [0.5, 0.6) is 0 Å². The first-order valence-corrected chi connectivity index (χ1v) is 18.8. The predicted molar refractivity (Wildman–Crippen MR) is 218 cm³/mol. The maximum atomic E-state index is 5.14. The van der Waals surface area contributed by atoms with Crippen molar-refractivity contribution in [2.45, 2.75) is 6.17 Å². The maximum absolute atomic E-state index is 5.14. The van der Waals surface area contributed by atoms with Gasteiger partial charge in [0.15, 0.2) is 5.84 Å². The number of nitrogens with one attached hydrogen (secondary N) is 1. The van der Waals surface area contributed by atoms with Gasteiger partial charge in [-0.25, -0.2) is 9.98 Å². The molecule has 1 aliphatic rings. The van der Waals surface area contributed by atoms with E-state index in [1.807, 2.05) is 46.9 Å². The van der Waals surface area contributed by atoms with Gasteiger partial charge in [-0.1, -0.05) is 127 Å². The van der Waals surface area contributed by atoms with Crippen LogP contribution in [0.25, 0.3) is 67.8 Å². The maximum Gasteiger partial charge on any atom is 0.159 e. The zero-order valence-corrected chi connectivity index (χ0v) is 28.9. The van der Waals surface area contributed by atoms with Crippen molar-refractivity contribution >= 4 is 96.5 Å². The molecule has 1 aliphatic heterocycles. The highest BCUT2D eigenvalue weighted by atomic mass is 32.1. The summed E-state index contributed by atoms with van der Waals surface area (Å²) >= 11 is 3.82. The fourth-order valence-corrected chi connectivity index (χ4v) is 10.4. The van der Waals surface area contributed by atoms with Crippen molar-refractivity contribution < 1.29 is 0 Å². The molecule has 4 heterocycles. The van der Waals surface area contributed by atoms with Crippen molar-refractivity contribution in [2.24, 2.45) is 9.98 Å². The van der Waals surface area contributed by atoms with Crippen LogP contribution >= 0.6 is 22.7 Å². The minimum Gasteiger partial charge on any atom is -0.344 e. The zero-order chi connectivity index (χ0) is 33.5. The highest BCUT2D eigenvalue weighted by Gasteiger charge is 2.25. The number of fused-ring (bicyclic) bond motifs is 12. The average Bonchev–Trinajstić information content (AvgIpc) is 3.88. The van der Waals surface area contributed by atoms with Gasteiger partial charge in [0, 0.05) is 63.2 Å². The Balaban J connectivity index is 1.20. The van der Waals surface area contributed by atoms with Crippen LogP contribution in [0.1, 0.15) is 22.9 Å². The minimum atomic E-state index is -0.260. The van der Waals surface area contributed by atoms with Crippen molar-refractivity contribution in [1.29, 1.82) is 0 Å². The van der Waals surface area contributed by atoms with Gasteiger partial charge in [0.2, 0.25) is 0 Å². The zero-order valence-electron chi connectivity index (χ0n) is 27.2. The molecule has 0 saturated heterocycles. The Bertz CT molecular complexity index is 3060. The van der Waals surface area contributed by atoms with E-state index in [0.29, 0.717) is 0 Å². The van der Waals surface area contributed by atoms with Crippen molar-refractivity contribution in [3.63, 3.8) is 0 Å². The van der Waals surface area contributed by atoms with Crippen molar-refractivity contribution in [1.82, 2.24) is 9.88 Å². The van der Waals surface area contributed by atoms with Gasteiger partial charge in [-0.3, -0.25) is 0 Å². The molecule has 51 heavy (non-hydrogen) atoms. The standard InChI is InChI=1S/C45H28N4S2/c1-3-14-27(15-4-1)43-46-44(28-16-5-2-6-17-28)48-45(47-43)29-18-13-19-30(26-29)49-34-23-10-7-20-31(34)37-38-32-21-8-11-24-35(32)50-41(38)39-33-22-9-12-25-36(33)51-42(39)40(37)49/h1-26,43H,(H,46,47,48). The number of amidine groups is 2. The SMILES string of the molecule is c1ccc(C2=NC(c3ccccc3)NC(c3cccc(-n4c5ccccc5c5c6c7ccccc7sc6c6c7ccccc7sc6c54)c3)=N2)cc1. The Kier molecular flexibility index (Phi) is 6.32. The molecule has 1 unspecified atom stereocenters. The van der Waals surface area contributed by atoms with Gasteiger partial charge >= 0.3 is 0 Å².